The average Bonchev–Trinajstić information content (AvgIpc) is 2.27. The lowest BCUT2D eigenvalue weighted by Gasteiger charge is -2.21. The van der Waals surface area contributed by atoms with Crippen molar-refractivity contribution in [3.63, 3.8) is 0 Å². The summed E-state index contributed by atoms with van der Waals surface area (Å²) in [7, 11) is 0. The minimum atomic E-state index is -0.613. The molecule has 0 spiro atoms. The van der Waals surface area contributed by atoms with Crippen molar-refractivity contribution < 1.29 is 14.3 Å². The van der Waals surface area contributed by atoms with Crippen LogP contribution in [-0.4, -0.2) is 16.9 Å². The molecule has 0 aliphatic carbocycles. The van der Waals surface area contributed by atoms with Gasteiger partial charge in [-0.2, -0.15) is 0 Å². The van der Waals surface area contributed by atoms with Crippen molar-refractivity contribution in [2.45, 2.75) is 39.4 Å². The lowest BCUT2D eigenvalue weighted by molar-refractivity contribution is 0.0545. The van der Waals surface area contributed by atoms with Crippen molar-refractivity contribution in [2.24, 2.45) is 0 Å². The van der Waals surface area contributed by atoms with E-state index >= 15 is 0 Å². The van der Waals surface area contributed by atoms with Gasteiger partial charge in [0.25, 0.3) is 5.17 Å². The maximum absolute atomic E-state index is 11.5. The average molecular weight is 281 g/mol. The van der Waals surface area contributed by atoms with Crippen molar-refractivity contribution >= 4 is 23.5 Å². The molecule has 0 radical (unpaired) electrons. The molecule has 0 aliphatic rings. The van der Waals surface area contributed by atoms with Crippen LogP contribution in [0.4, 0.5) is 4.79 Å². The fraction of sp³-hybridized carbons (Fsp3) is 0.429. The van der Waals surface area contributed by atoms with Crippen molar-refractivity contribution in [3.8, 4) is 0 Å². The molecule has 0 saturated carbocycles. The first-order valence-corrected chi connectivity index (χ1v) is 6.44. The Labute approximate surface area is 119 Å². The number of amides is 1. The Bertz CT molecular complexity index is 440. The van der Waals surface area contributed by atoms with Crippen molar-refractivity contribution in [1.29, 1.82) is 0 Å². The van der Waals surface area contributed by atoms with Crippen LogP contribution in [0.15, 0.2) is 30.3 Å². The Morgan fingerprint density at radius 3 is 2.37 bits per heavy atom. The van der Waals surface area contributed by atoms with E-state index in [2.05, 4.69) is 5.32 Å². The SMILES string of the molecule is CC(OC(=S)NC(=O)OC(C)(C)C)c1ccccc1. The minimum Gasteiger partial charge on any atom is -0.463 e. The second-order valence-electron chi connectivity index (χ2n) is 5.09. The van der Waals surface area contributed by atoms with E-state index in [-0.39, 0.29) is 11.3 Å². The molecule has 4 nitrogen and oxygen atoms in total. The van der Waals surface area contributed by atoms with E-state index in [1.807, 2.05) is 37.3 Å². The Hall–Kier alpha value is -1.62. The summed E-state index contributed by atoms with van der Waals surface area (Å²) in [6, 6.07) is 9.62. The summed E-state index contributed by atoms with van der Waals surface area (Å²) >= 11 is 4.96. The van der Waals surface area contributed by atoms with Gasteiger partial charge >= 0.3 is 6.09 Å². The molecule has 0 fully saturated rings. The predicted molar refractivity (Wildman–Crippen MR) is 77.9 cm³/mol. The van der Waals surface area contributed by atoms with Crippen LogP contribution in [0.25, 0.3) is 0 Å². The number of rotatable bonds is 2. The quantitative estimate of drug-likeness (QED) is 0.842. The Balaban J connectivity index is 2.46. The summed E-state index contributed by atoms with van der Waals surface area (Å²) in [4.78, 5) is 11.5. The van der Waals surface area contributed by atoms with E-state index < -0.39 is 11.7 Å². The lowest BCUT2D eigenvalue weighted by Crippen LogP contribution is -2.36. The van der Waals surface area contributed by atoms with E-state index in [0.29, 0.717) is 0 Å². The van der Waals surface area contributed by atoms with E-state index in [9.17, 15) is 4.79 Å². The Kier molecular flexibility index (Phi) is 5.30. The van der Waals surface area contributed by atoms with Crippen LogP contribution in [0.1, 0.15) is 39.4 Å². The number of nitrogens with one attached hydrogen (secondary N) is 1. The summed E-state index contributed by atoms with van der Waals surface area (Å²) in [5.74, 6) is 0. The van der Waals surface area contributed by atoms with Crippen molar-refractivity contribution in [3.05, 3.63) is 35.9 Å². The van der Waals surface area contributed by atoms with E-state index in [0.717, 1.165) is 5.56 Å². The number of hydrogen-bond acceptors (Lipinski definition) is 4. The molecular formula is C14H19NO3S. The first-order valence-electron chi connectivity index (χ1n) is 6.03. The highest BCUT2D eigenvalue weighted by Crippen LogP contribution is 2.16. The molecule has 0 bridgehead atoms. The van der Waals surface area contributed by atoms with Gasteiger partial charge in [0.05, 0.1) is 0 Å². The standard InChI is InChI=1S/C14H19NO3S/c1-10(11-8-6-5-7-9-11)17-13(19)15-12(16)18-14(2,3)4/h5-10H,1-4H3,(H,15,16,19). The molecular weight excluding hydrogens is 262 g/mol. The molecule has 19 heavy (non-hydrogen) atoms. The molecule has 0 aromatic heterocycles. The summed E-state index contributed by atoms with van der Waals surface area (Å²) < 4.78 is 10.5. The number of carbonyl (C=O) groups is 1. The second kappa shape index (κ2) is 6.52. The first kappa shape index (κ1) is 15.4. The highest BCUT2D eigenvalue weighted by Gasteiger charge is 2.18. The maximum Gasteiger partial charge on any atom is 0.415 e. The summed E-state index contributed by atoms with van der Waals surface area (Å²) in [5, 5.41) is 2.39. The van der Waals surface area contributed by atoms with Gasteiger partial charge in [-0.1, -0.05) is 30.3 Å². The smallest absolute Gasteiger partial charge is 0.415 e. The molecule has 5 heteroatoms. The number of carbonyl (C=O) groups excluding carboxylic acids is 1. The molecule has 104 valence electrons. The van der Waals surface area contributed by atoms with E-state index in [1.54, 1.807) is 20.8 Å². The maximum atomic E-state index is 11.5. The molecule has 1 atom stereocenters. The molecule has 0 saturated heterocycles. The topological polar surface area (TPSA) is 47.6 Å². The van der Waals surface area contributed by atoms with Gasteiger partial charge in [-0.25, -0.2) is 4.79 Å². The molecule has 1 aromatic rings. The largest absolute Gasteiger partial charge is 0.463 e. The zero-order valence-corrected chi connectivity index (χ0v) is 12.4. The van der Waals surface area contributed by atoms with Crippen LogP contribution in [-0.2, 0) is 9.47 Å². The monoisotopic (exact) mass is 281 g/mol. The number of thiocarbonyl (C=S) groups is 1. The fourth-order valence-corrected chi connectivity index (χ4v) is 1.60. The van der Waals surface area contributed by atoms with E-state index in [1.165, 1.54) is 0 Å². The summed E-state index contributed by atoms with van der Waals surface area (Å²) in [6.07, 6.45) is -0.846. The Morgan fingerprint density at radius 2 is 1.84 bits per heavy atom. The first-order chi connectivity index (χ1) is 8.78. The number of benzene rings is 1. The minimum absolute atomic E-state index is 0.00519. The van der Waals surface area contributed by atoms with Gasteiger partial charge < -0.3 is 9.47 Å². The molecule has 1 N–H and O–H groups in total. The third kappa shape index (κ3) is 6.20. The Morgan fingerprint density at radius 1 is 1.26 bits per heavy atom. The zero-order chi connectivity index (χ0) is 14.5. The van der Waals surface area contributed by atoms with E-state index in [4.69, 9.17) is 21.7 Å². The van der Waals surface area contributed by atoms with Gasteiger partial charge in [-0.05, 0) is 45.5 Å². The molecule has 1 unspecified atom stereocenters. The lowest BCUT2D eigenvalue weighted by atomic mass is 10.1. The number of ether oxygens (including phenoxy) is 2. The van der Waals surface area contributed by atoms with Gasteiger partial charge in [0, 0.05) is 0 Å². The number of alkyl carbamates (subject to hydrolysis) is 1. The predicted octanol–water partition coefficient (Wildman–Crippen LogP) is 3.57. The molecule has 1 amide bonds. The molecule has 0 aliphatic heterocycles. The summed E-state index contributed by atoms with van der Waals surface area (Å²) in [5.41, 5.74) is 0.418. The van der Waals surface area contributed by atoms with Crippen LogP contribution in [0.3, 0.4) is 0 Å². The van der Waals surface area contributed by atoms with Crippen LogP contribution in [0, 0.1) is 0 Å². The van der Waals surface area contributed by atoms with Gasteiger partial charge in [0.15, 0.2) is 0 Å². The van der Waals surface area contributed by atoms with Crippen LogP contribution in [0.2, 0.25) is 0 Å². The highest BCUT2D eigenvalue weighted by molar-refractivity contribution is 7.80. The third-order valence-corrected chi connectivity index (χ3v) is 2.35. The normalized spacial score (nSPS) is 12.4. The molecule has 1 aromatic carbocycles. The summed E-state index contributed by atoms with van der Waals surface area (Å²) in [6.45, 7) is 7.20. The molecule has 0 heterocycles. The van der Waals surface area contributed by atoms with Crippen LogP contribution >= 0.6 is 12.2 Å². The second-order valence-corrected chi connectivity index (χ2v) is 5.46. The highest BCUT2D eigenvalue weighted by atomic mass is 32.1. The van der Waals surface area contributed by atoms with Crippen LogP contribution < -0.4 is 5.32 Å². The van der Waals surface area contributed by atoms with Crippen molar-refractivity contribution in [2.75, 3.05) is 0 Å². The van der Waals surface area contributed by atoms with Crippen molar-refractivity contribution in [1.82, 2.24) is 5.32 Å². The zero-order valence-electron chi connectivity index (χ0n) is 11.6. The van der Waals surface area contributed by atoms with Crippen LogP contribution in [0.5, 0.6) is 0 Å². The van der Waals surface area contributed by atoms with Gasteiger partial charge in [-0.15, -0.1) is 0 Å². The van der Waals surface area contributed by atoms with Gasteiger partial charge in [0.1, 0.15) is 11.7 Å². The molecule has 1 rings (SSSR count). The fourth-order valence-electron chi connectivity index (χ4n) is 1.37. The third-order valence-electron chi connectivity index (χ3n) is 2.16. The number of hydrogen-bond donors (Lipinski definition) is 1. The van der Waals surface area contributed by atoms with Gasteiger partial charge in [0.2, 0.25) is 0 Å². The van der Waals surface area contributed by atoms with Gasteiger partial charge in [-0.3, -0.25) is 5.32 Å².